The number of alkyl halides is 1. The van der Waals surface area contributed by atoms with Gasteiger partial charge in [-0.25, -0.2) is 4.39 Å². The van der Waals surface area contributed by atoms with Crippen LogP contribution in [0.5, 0.6) is 0 Å². The van der Waals surface area contributed by atoms with Gasteiger partial charge in [-0.15, -0.1) is 0 Å². The van der Waals surface area contributed by atoms with Crippen LogP contribution in [0.3, 0.4) is 0 Å². The van der Waals surface area contributed by atoms with Crippen LogP contribution in [-0.4, -0.2) is 30.1 Å². The van der Waals surface area contributed by atoms with Gasteiger partial charge in [0.2, 0.25) is 0 Å². The zero-order chi connectivity index (χ0) is 6.85. The van der Waals surface area contributed by atoms with Gasteiger partial charge >= 0.3 is 0 Å². The Kier molecular flexibility index (Phi) is 2.03. The Hall–Kier alpha value is -0.150. The molecule has 0 aromatic rings. The molecule has 1 rings (SSSR count). The molecule has 3 atom stereocenters. The van der Waals surface area contributed by atoms with Gasteiger partial charge in [0.05, 0.1) is 18.8 Å². The van der Waals surface area contributed by atoms with E-state index in [-0.39, 0.29) is 18.8 Å². The summed E-state index contributed by atoms with van der Waals surface area (Å²) in [6.45, 7) is 1.62. The monoisotopic (exact) mass is 134 g/mol. The molecular weight excluding hydrogens is 123 g/mol. The van der Waals surface area contributed by atoms with Gasteiger partial charge in [0.25, 0.3) is 0 Å². The fourth-order valence-corrected chi connectivity index (χ4v) is 1.00. The second kappa shape index (κ2) is 2.62. The summed E-state index contributed by atoms with van der Waals surface area (Å²) in [6, 6.07) is 0. The van der Waals surface area contributed by atoms with Gasteiger partial charge in [0.1, 0.15) is 6.17 Å². The molecule has 0 aromatic heterocycles. The molecule has 1 fully saturated rings. The normalized spacial score (nSPS) is 43.7. The number of halogens is 1. The van der Waals surface area contributed by atoms with E-state index in [1.54, 1.807) is 6.92 Å². The minimum atomic E-state index is -0.887. The predicted molar refractivity (Wildman–Crippen MR) is 30.9 cm³/mol. The van der Waals surface area contributed by atoms with Gasteiger partial charge < -0.3 is 9.84 Å². The van der Waals surface area contributed by atoms with Crippen molar-refractivity contribution >= 4 is 0 Å². The third kappa shape index (κ3) is 1.40. The Morgan fingerprint density at radius 1 is 1.78 bits per heavy atom. The first kappa shape index (κ1) is 6.96. The minimum Gasteiger partial charge on any atom is -0.394 e. The molecule has 0 amide bonds. The van der Waals surface area contributed by atoms with Crippen LogP contribution in [0.2, 0.25) is 0 Å². The van der Waals surface area contributed by atoms with E-state index in [1.165, 1.54) is 0 Å². The van der Waals surface area contributed by atoms with Gasteiger partial charge in [0, 0.05) is 6.42 Å². The van der Waals surface area contributed by atoms with Crippen LogP contribution < -0.4 is 0 Å². The van der Waals surface area contributed by atoms with E-state index in [0.717, 1.165) is 0 Å². The lowest BCUT2D eigenvalue weighted by Gasteiger charge is -2.05. The van der Waals surface area contributed by atoms with Crippen molar-refractivity contribution in [2.24, 2.45) is 0 Å². The van der Waals surface area contributed by atoms with Gasteiger partial charge in [-0.2, -0.15) is 0 Å². The molecular formula is C6H11FO2. The Labute approximate surface area is 53.6 Å². The van der Waals surface area contributed by atoms with Crippen LogP contribution in [0.15, 0.2) is 0 Å². The lowest BCUT2D eigenvalue weighted by molar-refractivity contribution is 0.0110. The van der Waals surface area contributed by atoms with E-state index in [4.69, 9.17) is 9.84 Å². The number of aliphatic hydroxyl groups is 1. The maximum Gasteiger partial charge on any atom is 0.128 e. The summed E-state index contributed by atoms with van der Waals surface area (Å²) in [5.41, 5.74) is 0. The van der Waals surface area contributed by atoms with Crippen molar-refractivity contribution in [1.29, 1.82) is 0 Å². The summed E-state index contributed by atoms with van der Waals surface area (Å²) >= 11 is 0. The zero-order valence-electron chi connectivity index (χ0n) is 5.38. The van der Waals surface area contributed by atoms with Crippen molar-refractivity contribution in [3.05, 3.63) is 0 Å². The molecule has 1 heterocycles. The van der Waals surface area contributed by atoms with Crippen LogP contribution in [-0.2, 0) is 4.74 Å². The molecule has 2 nitrogen and oxygen atoms in total. The van der Waals surface area contributed by atoms with Crippen molar-refractivity contribution in [3.63, 3.8) is 0 Å². The highest BCUT2D eigenvalue weighted by Crippen LogP contribution is 2.21. The van der Waals surface area contributed by atoms with Crippen molar-refractivity contribution in [1.82, 2.24) is 0 Å². The fraction of sp³-hybridized carbons (Fsp3) is 1.00. The van der Waals surface area contributed by atoms with Crippen LogP contribution in [0.1, 0.15) is 13.3 Å². The molecule has 0 saturated carbocycles. The van der Waals surface area contributed by atoms with E-state index >= 15 is 0 Å². The van der Waals surface area contributed by atoms with Gasteiger partial charge in [-0.1, -0.05) is 0 Å². The number of hydrogen-bond acceptors (Lipinski definition) is 2. The van der Waals surface area contributed by atoms with E-state index in [9.17, 15) is 4.39 Å². The van der Waals surface area contributed by atoms with Gasteiger partial charge in [-0.3, -0.25) is 0 Å². The summed E-state index contributed by atoms with van der Waals surface area (Å²) in [6.07, 6.45) is -1.14. The van der Waals surface area contributed by atoms with Gasteiger partial charge in [-0.05, 0) is 6.92 Å². The van der Waals surface area contributed by atoms with Crippen LogP contribution in [0, 0.1) is 0 Å². The largest absolute Gasteiger partial charge is 0.394 e. The molecule has 1 aliphatic rings. The Balaban J connectivity index is 2.35. The van der Waals surface area contributed by atoms with E-state index < -0.39 is 6.17 Å². The Bertz CT molecular complexity index is 87.1. The molecule has 1 N–H and O–H groups in total. The predicted octanol–water partition coefficient (Wildman–Crippen LogP) is 0.494. The fourth-order valence-electron chi connectivity index (χ4n) is 1.00. The first-order valence-electron chi connectivity index (χ1n) is 3.14. The summed E-state index contributed by atoms with van der Waals surface area (Å²) in [5, 5.41) is 8.51. The van der Waals surface area contributed by atoms with Crippen molar-refractivity contribution in [2.45, 2.75) is 31.7 Å². The van der Waals surface area contributed by atoms with Crippen molar-refractivity contribution in [3.8, 4) is 0 Å². The number of rotatable bonds is 1. The number of ether oxygens (including phenoxy) is 1. The topological polar surface area (TPSA) is 29.5 Å². The summed E-state index contributed by atoms with van der Waals surface area (Å²) < 4.78 is 17.5. The van der Waals surface area contributed by atoms with E-state index in [1.807, 2.05) is 0 Å². The Morgan fingerprint density at radius 2 is 2.44 bits per heavy atom. The molecule has 54 valence electrons. The first-order valence-corrected chi connectivity index (χ1v) is 3.14. The molecule has 0 aromatic carbocycles. The quantitative estimate of drug-likeness (QED) is 0.565. The highest BCUT2D eigenvalue weighted by Gasteiger charge is 2.31. The molecule has 1 saturated heterocycles. The van der Waals surface area contributed by atoms with Crippen molar-refractivity contribution in [2.75, 3.05) is 6.61 Å². The lowest BCUT2D eigenvalue weighted by atomic mass is 10.2. The molecule has 0 aliphatic carbocycles. The average Bonchev–Trinajstić information content (AvgIpc) is 2.13. The second-order valence-corrected chi connectivity index (χ2v) is 2.40. The molecule has 1 aliphatic heterocycles. The van der Waals surface area contributed by atoms with Crippen molar-refractivity contribution < 1.29 is 14.2 Å². The van der Waals surface area contributed by atoms with Crippen LogP contribution in [0.25, 0.3) is 0 Å². The Morgan fingerprint density at radius 3 is 2.67 bits per heavy atom. The third-order valence-corrected chi connectivity index (χ3v) is 1.61. The highest BCUT2D eigenvalue weighted by atomic mass is 19.1. The van der Waals surface area contributed by atoms with Crippen LogP contribution in [0.4, 0.5) is 4.39 Å². The second-order valence-electron chi connectivity index (χ2n) is 2.40. The van der Waals surface area contributed by atoms with E-state index in [0.29, 0.717) is 6.42 Å². The molecule has 3 heteroatoms. The zero-order valence-corrected chi connectivity index (χ0v) is 5.38. The summed E-state index contributed by atoms with van der Waals surface area (Å²) in [7, 11) is 0. The lowest BCUT2D eigenvalue weighted by Crippen LogP contribution is -2.12. The SMILES string of the molecule is C[C@@H]1O[C@H](CO)C[C@H]1F. The van der Waals surface area contributed by atoms with Crippen LogP contribution >= 0.6 is 0 Å². The molecule has 0 bridgehead atoms. The number of aliphatic hydroxyl groups excluding tert-OH is 1. The average molecular weight is 134 g/mol. The smallest absolute Gasteiger partial charge is 0.128 e. The maximum atomic E-state index is 12.5. The molecule has 0 spiro atoms. The summed E-state index contributed by atoms with van der Waals surface area (Å²) in [4.78, 5) is 0. The molecule has 0 radical (unpaired) electrons. The van der Waals surface area contributed by atoms with E-state index in [2.05, 4.69) is 0 Å². The van der Waals surface area contributed by atoms with Gasteiger partial charge in [0.15, 0.2) is 0 Å². The highest BCUT2D eigenvalue weighted by molar-refractivity contribution is 4.78. The maximum absolute atomic E-state index is 12.5. The summed E-state index contributed by atoms with van der Waals surface area (Å²) in [5.74, 6) is 0. The number of hydrogen-bond donors (Lipinski definition) is 1. The first-order chi connectivity index (χ1) is 4.24. The minimum absolute atomic E-state index is 0.0647. The third-order valence-electron chi connectivity index (χ3n) is 1.61. The standard InChI is InChI=1S/C6H11FO2/c1-4-6(7)2-5(3-8)9-4/h4-6,8H,2-3H2,1H3/t4-,5-,6+/m0/s1. The molecule has 9 heavy (non-hydrogen) atoms. The molecule has 0 unspecified atom stereocenters.